The monoisotopic (exact) mass is 501 g/mol. The molecule has 7 nitrogen and oxygen atoms in total. The molecule has 1 unspecified atom stereocenters. The molecule has 1 aliphatic rings. The zero-order chi connectivity index (χ0) is 26.5. The van der Waals surface area contributed by atoms with E-state index >= 15 is 0 Å². The molecule has 1 aliphatic heterocycles. The van der Waals surface area contributed by atoms with E-state index in [9.17, 15) is 14.7 Å². The Balaban J connectivity index is 1.88. The predicted octanol–water partition coefficient (Wildman–Crippen LogP) is 5.90. The third-order valence-electron chi connectivity index (χ3n) is 5.83. The number of rotatable bonds is 9. The van der Waals surface area contributed by atoms with E-state index in [4.69, 9.17) is 14.2 Å². The van der Waals surface area contributed by atoms with Crippen LogP contribution in [0.1, 0.15) is 44.9 Å². The van der Waals surface area contributed by atoms with Gasteiger partial charge in [-0.05, 0) is 81.8 Å². The molecule has 0 aliphatic carbocycles. The van der Waals surface area contributed by atoms with Crippen LogP contribution in [0.25, 0.3) is 5.76 Å². The van der Waals surface area contributed by atoms with Crippen LogP contribution in [0.2, 0.25) is 0 Å². The number of ketones is 1. The van der Waals surface area contributed by atoms with Crippen LogP contribution in [0.15, 0.2) is 78.4 Å². The summed E-state index contributed by atoms with van der Waals surface area (Å²) in [7, 11) is 0. The average molecular weight is 502 g/mol. The lowest BCUT2D eigenvalue weighted by Gasteiger charge is -2.26. The van der Waals surface area contributed by atoms with Gasteiger partial charge >= 0.3 is 0 Å². The number of ether oxygens (including phenoxy) is 3. The quantitative estimate of drug-likeness (QED) is 0.223. The Kier molecular flexibility index (Phi) is 7.82. The van der Waals surface area contributed by atoms with E-state index < -0.39 is 17.7 Å². The van der Waals surface area contributed by atoms with Gasteiger partial charge in [-0.1, -0.05) is 24.3 Å². The van der Waals surface area contributed by atoms with Crippen LogP contribution < -0.4 is 19.1 Å². The molecule has 37 heavy (non-hydrogen) atoms. The van der Waals surface area contributed by atoms with Crippen molar-refractivity contribution in [1.29, 1.82) is 0 Å². The van der Waals surface area contributed by atoms with Gasteiger partial charge in [0.2, 0.25) is 0 Å². The SMILES string of the molecule is CCOc1ccc(N2C(=O)C(=O)/C(=C(\O)c3cccc(OC(C)C)c3)C2c2cccc(OCC)c2)cc1. The highest BCUT2D eigenvalue weighted by atomic mass is 16.5. The Labute approximate surface area is 216 Å². The second-order valence-corrected chi connectivity index (χ2v) is 8.80. The van der Waals surface area contributed by atoms with Gasteiger partial charge in [-0.25, -0.2) is 0 Å². The van der Waals surface area contributed by atoms with Crippen LogP contribution in [0.4, 0.5) is 5.69 Å². The highest BCUT2D eigenvalue weighted by Gasteiger charge is 2.47. The molecular formula is C30H31NO6. The Hall–Kier alpha value is -4.26. The molecule has 0 radical (unpaired) electrons. The summed E-state index contributed by atoms with van der Waals surface area (Å²) in [6, 6.07) is 20.1. The normalized spacial score (nSPS) is 16.8. The molecule has 192 valence electrons. The van der Waals surface area contributed by atoms with E-state index in [0.29, 0.717) is 47.3 Å². The molecule has 3 aromatic carbocycles. The van der Waals surface area contributed by atoms with Gasteiger partial charge in [-0.15, -0.1) is 0 Å². The molecule has 1 heterocycles. The smallest absolute Gasteiger partial charge is 0.300 e. The average Bonchev–Trinajstić information content (AvgIpc) is 3.15. The van der Waals surface area contributed by atoms with Crippen LogP contribution >= 0.6 is 0 Å². The molecule has 4 rings (SSSR count). The second-order valence-electron chi connectivity index (χ2n) is 8.80. The Bertz CT molecular complexity index is 1310. The number of anilines is 1. The minimum absolute atomic E-state index is 0.00534. The number of carbonyl (C=O) groups is 2. The molecule has 0 bridgehead atoms. The summed E-state index contributed by atoms with van der Waals surface area (Å²) in [4.78, 5) is 28.3. The van der Waals surface area contributed by atoms with Crippen molar-refractivity contribution in [1.82, 2.24) is 0 Å². The van der Waals surface area contributed by atoms with Crippen molar-refractivity contribution in [3.63, 3.8) is 0 Å². The molecule has 3 aromatic rings. The van der Waals surface area contributed by atoms with Crippen LogP contribution in [-0.4, -0.2) is 36.1 Å². The summed E-state index contributed by atoms with van der Waals surface area (Å²) < 4.78 is 17.0. The molecule has 1 fully saturated rings. The maximum Gasteiger partial charge on any atom is 0.300 e. The van der Waals surface area contributed by atoms with Crippen molar-refractivity contribution in [2.75, 3.05) is 18.1 Å². The Morgan fingerprint density at radius 1 is 0.865 bits per heavy atom. The number of amides is 1. The molecule has 0 saturated carbocycles. The fourth-order valence-corrected chi connectivity index (χ4v) is 4.37. The Morgan fingerprint density at radius 3 is 2.19 bits per heavy atom. The number of hydrogen-bond acceptors (Lipinski definition) is 6. The molecule has 1 atom stereocenters. The standard InChI is InChI=1S/C30H31NO6/c1-5-35-23-15-13-22(14-16-23)31-27(20-9-7-11-24(17-20)36-6-2)26(29(33)30(31)34)28(32)21-10-8-12-25(18-21)37-19(3)4/h7-19,27,32H,5-6H2,1-4H3/b28-26-. The second kappa shape index (κ2) is 11.2. The summed E-state index contributed by atoms with van der Waals surface area (Å²) >= 11 is 0. The van der Waals surface area contributed by atoms with Gasteiger partial charge in [-0.3, -0.25) is 14.5 Å². The first-order valence-corrected chi connectivity index (χ1v) is 12.4. The van der Waals surface area contributed by atoms with Crippen molar-refractivity contribution in [3.05, 3.63) is 89.5 Å². The number of benzene rings is 3. The summed E-state index contributed by atoms with van der Waals surface area (Å²) in [5, 5.41) is 11.4. The van der Waals surface area contributed by atoms with E-state index in [0.717, 1.165) is 0 Å². The zero-order valence-corrected chi connectivity index (χ0v) is 21.4. The van der Waals surface area contributed by atoms with Crippen molar-refractivity contribution in [2.45, 2.75) is 39.8 Å². The molecule has 0 aromatic heterocycles. The van der Waals surface area contributed by atoms with Crippen molar-refractivity contribution >= 4 is 23.1 Å². The highest BCUT2D eigenvalue weighted by Crippen LogP contribution is 2.43. The van der Waals surface area contributed by atoms with Crippen LogP contribution in [0, 0.1) is 0 Å². The lowest BCUT2D eigenvalue weighted by atomic mass is 9.95. The first kappa shape index (κ1) is 25.8. The maximum atomic E-state index is 13.4. The molecule has 1 N–H and O–H groups in total. The van der Waals surface area contributed by atoms with Gasteiger partial charge < -0.3 is 19.3 Å². The number of hydrogen-bond donors (Lipinski definition) is 1. The molecule has 1 amide bonds. The summed E-state index contributed by atoms with van der Waals surface area (Å²) in [5.74, 6) is 0.0345. The Morgan fingerprint density at radius 2 is 1.51 bits per heavy atom. The van der Waals surface area contributed by atoms with Gasteiger partial charge in [0.05, 0.1) is 30.9 Å². The third-order valence-corrected chi connectivity index (χ3v) is 5.83. The maximum absolute atomic E-state index is 13.4. The predicted molar refractivity (Wildman–Crippen MR) is 142 cm³/mol. The van der Waals surface area contributed by atoms with E-state index in [2.05, 4.69) is 0 Å². The molecule has 1 saturated heterocycles. The van der Waals surface area contributed by atoms with Crippen LogP contribution in [0.3, 0.4) is 0 Å². The number of nitrogens with zero attached hydrogens (tertiary/aromatic N) is 1. The minimum atomic E-state index is -0.868. The number of aliphatic hydroxyl groups excluding tert-OH is 1. The van der Waals surface area contributed by atoms with Crippen molar-refractivity contribution < 1.29 is 28.9 Å². The fraction of sp³-hybridized carbons (Fsp3) is 0.267. The van der Waals surface area contributed by atoms with Crippen LogP contribution in [0.5, 0.6) is 17.2 Å². The number of carbonyl (C=O) groups excluding carboxylic acids is 2. The summed E-state index contributed by atoms with van der Waals surface area (Å²) in [6.45, 7) is 8.54. The number of Topliss-reactive ketones (excluding diaryl/α,β-unsaturated/α-hetero) is 1. The topological polar surface area (TPSA) is 85.3 Å². The molecule has 7 heteroatoms. The third kappa shape index (κ3) is 5.45. The van der Waals surface area contributed by atoms with Crippen molar-refractivity contribution in [3.8, 4) is 17.2 Å². The summed E-state index contributed by atoms with van der Waals surface area (Å²) in [5.41, 5.74) is 1.52. The molecular weight excluding hydrogens is 470 g/mol. The zero-order valence-electron chi connectivity index (χ0n) is 21.4. The first-order valence-electron chi connectivity index (χ1n) is 12.4. The van der Waals surface area contributed by atoms with Gasteiger partial charge in [0, 0.05) is 11.3 Å². The van der Waals surface area contributed by atoms with Crippen LogP contribution in [-0.2, 0) is 9.59 Å². The first-order chi connectivity index (χ1) is 17.8. The lowest BCUT2D eigenvalue weighted by Crippen LogP contribution is -2.29. The van der Waals surface area contributed by atoms with Gasteiger partial charge in [-0.2, -0.15) is 0 Å². The minimum Gasteiger partial charge on any atom is -0.507 e. The van der Waals surface area contributed by atoms with E-state index in [1.807, 2.05) is 39.8 Å². The fourth-order valence-electron chi connectivity index (χ4n) is 4.37. The largest absolute Gasteiger partial charge is 0.507 e. The number of aliphatic hydroxyl groups is 1. The van der Waals surface area contributed by atoms with E-state index in [1.54, 1.807) is 60.7 Å². The lowest BCUT2D eigenvalue weighted by molar-refractivity contribution is -0.132. The highest BCUT2D eigenvalue weighted by molar-refractivity contribution is 6.51. The van der Waals surface area contributed by atoms with Gasteiger partial charge in [0.1, 0.15) is 23.0 Å². The van der Waals surface area contributed by atoms with Crippen molar-refractivity contribution in [2.24, 2.45) is 0 Å². The van der Waals surface area contributed by atoms with E-state index in [-0.39, 0.29) is 17.4 Å². The van der Waals surface area contributed by atoms with Gasteiger partial charge in [0.15, 0.2) is 0 Å². The summed E-state index contributed by atoms with van der Waals surface area (Å²) in [6.07, 6.45) is -0.0658. The van der Waals surface area contributed by atoms with E-state index in [1.165, 1.54) is 4.90 Å². The van der Waals surface area contributed by atoms with Gasteiger partial charge in [0.25, 0.3) is 11.7 Å². The molecule has 0 spiro atoms.